The predicted octanol–water partition coefficient (Wildman–Crippen LogP) is 4.25. The quantitative estimate of drug-likeness (QED) is 0.347. The van der Waals surface area contributed by atoms with E-state index in [4.69, 9.17) is 0 Å². The maximum atomic E-state index is 13.2. The first kappa shape index (κ1) is 23.8. The molecular formula is C28H25N7O2. The average Bonchev–Trinajstić information content (AvgIpc) is 3.57. The summed E-state index contributed by atoms with van der Waals surface area (Å²) >= 11 is 0. The van der Waals surface area contributed by atoms with Gasteiger partial charge in [0.05, 0.1) is 13.0 Å². The van der Waals surface area contributed by atoms with E-state index in [1.54, 1.807) is 6.08 Å². The Balaban J connectivity index is 1.43. The van der Waals surface area contributed by atoms with Crippen molar-refractivity contribution in [3.63, 3.8) is 0 Å². The predicted molar refractivity (Wildman–Crippen MR) is 141 cm³/mol. The Morgan fingerprint density at radius 2 is 1.65 bits per heavy atom. The van der Waals surface area contributed by atoms with Gasteiger partial charge in [-0.1, -0.05) is 91.9 Å². The Kier molecular flexibility index (Phi) is 6.93. The highest BCUT2D eigenvalue weighted by Crippen LogP contribution is 2.29. The van der Waals surface area contributed by atoms with Crippen LogP contribution in [0.5, 0.6) is 0 Å². The van der Waals surface area contributed by atoms with Crippen LogP contribution in [0.25, 0.3) is 28.6 Å². The van der Waals surface area contributed by atoms with Crippen LogP contribution in [0, 0.1) is 0 Å². The highest BCUT2D eigenvalue weighted by Gasteiger charge is 2.18. The van der Waals surface area contributed by atoms with Gasteiger partial charge >= 0.3 is 5.69 Å². The summed E-state index contributed by atoms with van der Waals surface area (Å²) in [5, 5.41) is 18.7. The van der Waals surface area contributed by atoms with E-state index < -0.39 is 5.69 Å². The Morgan fingerprint density at radius 3 is 2.35 bits per heavy atom. The Labute approximate surface area is 213 Å². The normalized spacial score (nSPS) is 11.3. The number of nitrogens with one attached hydrogen (secondary N) is 1. The summed E-state index contributed by atoms with van der Waals surface area (Å²) in [5.41, 5.74) is 4.10. The van der Waals surface area contributed by atoms with E-state index in [-0.39, 0.29) is 18.9 Å². The number of allylic oxidation sites excluding steroid dienone is 1. The highest BCUT2D eigenvalue weighted by molar-refractivity contribution is 5.81. The van der Waals surface area contributed by atoms with Crippen molar-refractivity contribution < 1.29 is 4.79 Å². The minimum atomic E-state index is -0.455. The molecule has 0 atom stereocenters. The molecule has 0 radical (unpaired) electrons. The maximum absolute atomic E-state index is 13.2. The third-order valence-electron chi connectivity index (χ3n) is 5.95. The number of carbonyl (C=O) groups excluding carboxylic acids is 1. The summed E-state index contributed by atoms with van der Waals surface area (Å²) in [4.78, 5) is 26.1. The lowest BCUT2D eigenvalue weighted by atomic mass is 9.98. The molecule has 2 heterocycles. The lowest BCUT2D eigenvalue weighted by Crippen LogP contribution is -2.31. The number of aromatic nitrogens is 7. The first-order valence-corrected chi connectivity index (χ1v) is 12.0. The molecule has 0 bridgehead atoms. The summed E-state index contributed by atoms with van der Waals surface area (Å²) in [6.07, 6.45) is 4.59. The minimum Gasteiger partial charge on any atom is -0.272 e. The number of H-pyrrole nitrogens is 1. The van der Waals surface area contributed by atoms with Gasteiger partial charge in [0.25, 0.3) is 5.91 Å². The number of rotatable bonds is 8. The number of hydrogen-bond acceptors (Lipinski definition) is 6. The lowest BCUT2D eigenvalue weighted by molar-refractivity contribution is 0.0893. The molecule has 5 aromatic rings. The van der Waals surface area contributed by atoms with Gasteiger partial charge in [0.1, 0.15) is 0 Å². The third kappa shape index (κ3) is 5.20. The van der Waals surface area contributed by atoms with Crippen LogP contribution in [0.3, 0.4) is 0 Å². The Morgan fingerprint density at radius 1 is 0.919 bits per heavy atom. The maximum Gasteiger partial charge on any atom is 0.353 e. The molecule has 0 aliphatic heterocycles. The van der Waals surface area contributed by atoms with Crippen molar-refractivity contribution in [1.82, 2.24) is 35.0 Å². The van der Waals surface area contributed by atoms with Gasteiger partial charge in [0.2, 0.25) is 5.82 Å². The zero-order valence-corrected chi connectivity index (χ0v) is 20.3. The van der Waals surface area contributed by atoms with Gasteiger partial charge in [-0.05, 0) is 40.0 Å². The fraction of sp³-hybridized carbons (Fsp3) is 0.143. The van der Waals surface area contributed by atoms with Gasteiger partial charge in [-0.15, -0.1) is 20.0 Å². The van der Waals surface area contributed by atoms with Gasteiger partial charge in [-0.25, -0.2) is 4.79 Å². The van der Waals surface area contributed by atoms with Gasteiger partial charge in [-0.2, -0.15) is 5.21 Å². The average molecular weight is 492 g/mol. The lowest BCUT2D eigenvalue weighted by Gasteiger charge is -2.09. The molecule has 5 rings (SSSR count). The molecule has 184 valence electrons. The van der Waals surface area contributed by atoms with Crippen LogP contribution < -0.4 is 5.69 Å². The SMILES string of the molecule is CC/C=C/c1nn(C(=O)Cc2ccccc2)c(=O)n1Cc1ccc(-c2ccccc2-c2nn[nH]n2)cc1. The highest BCUT2D eigenvalue weighted by atomic mass is 16.2. The fourth-order valence-corrected chi connectivity index (χ4v) is 4.09. The summed E-state index contributed by atoms with van der Waals surface area (Å²) in [6, 6.07) is 25.1. The number of benzene rings is 3. The molecule has 0 saturated carbocycles. The standard InChI is InChI=1S/C28H25N7O2/c1-2-3-13-25-31-35(26(36)18-20-9-5-4-6-10-20)28(37)34(25)19-21-14-16-22(17-15-21)23-11-7-8-12-24(23)27-29-32-33-30-27/h3-17H,2,18-19H2,1H3,(H,29,30,32,33)/b13-3+. The second kappa shape index (κ2) is 10.8. The van der Waals surface area contributed by atoms with Crippen LogP contribution in [-0.4, -0.2) is 40.9 Å². The summed E-state index contributed by atoms with van der Waals surface area (Å²) < 4.78 is 2.50. The van der Waals surface area contributed by atoms with Crippen molar-refractivity contribution in [3.05, 3.63) is 112 Å². The second-order valence-corrected chi connectivity index (χ2v) is 8.48. The van der Waals surface area contributed by atoms with Crippen LogP contribution in [-0.2, 0) is 13.0 Å². The van der Waals surface area contributed by atoms with Gasteiger partial charge in [0, 0.05) is 5.56 Å². The molecule has 0 saturated heterocycles. The van der Waals surface area contributed by atoms with E-state index >= 15 is 0 Å². The van der Waals surface area contributed by atoms with Crippen LogP contribution in [0.15, 0.2) is 89.7 Å². The van der Waals surface area contributed by atoms with E-state index in [2.05, 4.69) is 25.7 Å². The smallest absolute Gasteiger partial charge is 0.272 e. The van der Waals surface area contributed by atoms with Crippen molar-refractivity contribution in [3.8, 4) is 22.5 Å². The van der Waals surface area contributed by atoms with Crippen molar-refractivity contribution in [2.75, 3.05) is 0 Å². The fourth-order valence-electron chi connectivity index (χ4n) is 4.09. The zero-order valence-electron chi connectivity index (χ0n) is 20.3. The van der Waals surface area contributed by atoms with Crippen LogP contribution >= 0.6 is 0 Å². The number of hydrogen-bond donors (Lipinski definition) is 1. The van der Waals surface area contributed by atoms with E-state index in [1.807, 2.05) is 91.9 Å². The molecule has 9 nitrogen and oxygen atoms in total. The molecule has 0 fully saturated rings. The third-order valence-corrected chi connectivity index (χ3v) is 5.95. The molecule has 3 aromatic carbocycles. The topological polar surface area (TPSA) is 111 Å². The van der Waals surface area contributed by atoms with E-state index in [0.717, 1.165) is 38.9 Å². The number of nitrogens with zero attached hydrogens (tertiary/aromatic N) is 6. The second-order valence-electron chi connectivity index (χ2n) is 8.48. The summed E-state index contributed by atoms with van der Waals surface area (Å²) in [6.45, 7) is 2.29. The summed E-state index contributed by atoms with van der Waals surface area (Å²) in [5.74, 6) is 0.598. The zero-order chi connectivity index (χ0) is 25.6. The Hall–Kier alpha value is -4.92. The molecule has 0 spiro atoms. The van der Waals surface area contributed by atoms with Gasteiger partial charge in [-0.3, -0.25) is 9.36 Å². The van der Waals surface area contributed by atoms with Gasteiger partial charge < -0.3 is 0 Å². The molecule has 37 heavy (non-hydrogen) atoms. The van der Waals surface area contributed by atoms with Crippen molar-refractivity contribution >= 4 is 12.0 Å². The molecule has 0 aliphatic carbocycles. The molecule has 2 aromatic heterocycles. The van der Waals surface area contributed by atoms with E-state index in [1.165, 1.54) is 4.57 Å². The first-order valence-electron chi connectivity index (χ1n) is 12.0. The molecule has 0 amide bonds. The molecule has 1 N–H and O–H groups in total. The first-order chi connectivity index (χ1) is 18.1. The van der Waals surface area contributed by atoms with Crippen LogP contribution in [0.4, 0.5) is 0 Å². The van der Waals surface area contributed by atoms with Crippen molar-refractivity contribution in [2.45, 2.75) is 26.3 Å². The van der Waals surface area contributed by atoms with Crippen LogP contribution in [0.1, 0.15) is 35.1 Å². The molecule has 0 unspecified atom stereocenters. The molecule has 0 aliphatic rings. The van der Waals surface area contributed by atoms with Crippen molar-refractivity contribution in [2.24, 2.45) is 0 Å². The van der Waals surface area contributed by atoms with Crippen LogP contribution in [0.2, 0.25) is 0 Å². The van der Waals surface area contributed by atoms with Crippen molar-refractivity contribution in [1.29, 1.82) is 0 Å². The monoisotopic (exact) mass is 491 g/mol. The molecular weight excluding hydrogens is 466 g/mol. The van der Waals surface area contributed by atoms with E-state index in [9.17, 15) is 9.59 Å². The summed E-state index contributed by atoms with van der Waals surface area (Å²) in [7, 11) is 0. The Bertz CT molecular complexity index is 1580. The number of aromatic amines is 1. The number of carbonyl (C=O) groups is 1. The van der Waals surface area contributed by atoms with Gasteiger partial charge in [0.15, 0.2) is 5.82 Å². The minimum absolute atomic E-state index is 0.100. The molecule has 9 heteroatoms. The largest absolute Gasteiger partial charge is 0.353 e. The van der Waals surface area contributed by atoms with E-state index in [0.29, 0.717) is 11.6 Å². The number of tetrazole rings is 1.